The molecule has 0 aliphatic carbocycles. The first-order chi connectivity index (χ1) is 17.5. The number of rotatable bonds is 7. The average molecular weight is 489 g/mol. The van der Waals surface area contributed by atoms with Gasteiger partial charge in [-0.2, -0.15) is 4.98 Å². The Morgan fingerprint density at radius 1 is 1.22 bits per heavy atom. The molecule has 0 unspecified atom stereocenters. The summed E-state index contributed by atoms with van der Waals surface area (Å²) in [6, 6.07) is 12.8. The molecule has 0 radical (unpaired) electrons. The molecule has 2 aromatic carbocycles. The molecule has 10 heteroatoms. The predicted molar refractivity (Wildman–Crippen MR) is 137 cm³/mol. The summed E-state index contributed by atoms with van der Waals surface area (Å²) >= 11 is 0. The fourth-order valence-corrected chi connectivity index (χ4v) is 4.34. The van der Waals surface area contributed by atoms with E-state index in [1.54, 1.807) is 40.7 Å². The number of morpholine rings is 1. The maximum absolute atomic E-state index is 11.6. The van der Waals surface area contributed by atoms with Crippen molar-refractivity contribution in [1.29, 1.82) is 0 Å². The maximum atomic E-state index is 11.6. The second kappa shape index (κ2) is 10.3. The van der Waals surface area contributed by atoms with Crippen LogP contribution >= 0.6 is 0 Å². The minimum absolute atomic E-state index is 0.168. The maximum Gasteiger partial charge on any atom is 0.335 e. The average Bonchev–Trinajstić information content (AvgIpc) is 2.89. The van der Waals surface area contributed by atoms with E-state index < -0.39 is 5.97 Å². The van der Waals surface area contributed by atoms with Crippen LogP contribution in [-0.4, -0.2) is 59.1 Å². The third-order valence-electron chi connectivity index (χ3n) is 6.06. The number of hydroxylamine groups is 1. The zero-order valence-corrected chi connectivity index (χ0v) is 20.1. The molecule has 0 bridgehead atoms. The molecule has 2 aliphatic rings. The van der Waals surface area contributed by atoms with E-state index in [1.165, 1.54) is 5.69 Å². The van der Waals surface area contributed by atoms with Crippen molar-refractivity contribution in [3.63, 3.8) is 0 Å². The highest BCUT2D eigenvalue weighted by molar-refractivity contribution is 5.89. The Kier molecular flexibility index (Phi) is 6.81. The zero-order chi connectivity index (χ0) is 25.1. The van der Waals surface area contributed by atoms with Crippen molar-refractivity contribution in [1.82, 2.24) is 15.1 Å². The Morgan fingerprint density at radius 3 is 2.81 bits per heavy atom. The number of carboxylic acids is 1. The number of aromatic nitrogens is 2. The summed E-state index contributed by atoms with van der Waals surface area (Å²) < 4.78 is 5.47. The van der Waals surface area contributed by atoms with Crippen molar-refractivity contribution in [2.75, 3.05) is 48.1 Å². The van der Waals surface area contributed by atoms with Gasteiger partial charge < -0.3 is 20.1 Å². The van der Waals surface area contributed by atoms with Crippen molar-refractivity contribution in [2.45, 2.75) is 13.5 Å². The van der Waals surface area contributed by atoms with Crippen molar-refractivity contribution in [2.24, 2.45) is 0 Å². The normalized spacial score (nSPS) is 15.9. The van der Waals surface area contributed by atoms with Gasteiger partial charge in [-0.1, -0.05) is 17.3 Å². The number of anilines is 5. The SMILES string of the molecule is C=CCN1OCc2cnc(Nc3ccc(N4CCOCC4)c(C)c3)nc2N1c1cccc(C(=O)O)c1. The van der Waals surface area contributed by atoms with Crippen molar-refractivity contribution in [3.05, 3.63) is 78.0 Å². The summed E-state index contributed by atoms with van der Waals surface area (Å²) in [5.41, 5.74) is 4.77. The summed E-state index contributed by atoms with van der Waals surface area (Å²) in [7, 11) is 0. The predicted octanol–water partition coefficient (Wildman–Crippen LogP) is 4.05. The molecule has 36 heavy (non-hydrogen) atoms. The van der Waals surface area contributed by atoms with Crippen LogP contribution < -0.4 is 15.2 Å². The molecule has 1 fully saturated rings. The van der Waals surface area contributed by atoms with Gasteiger partial charge in [-0.3, -0.25) is 4.84 Å². The smallest absolute Gasteiger partial charge is 0.335 e. The molecule has 3 aromatic rings. The van der Waals surface area contributed by atoms with Gasteiger partial charge in [-0.15, -0.1) is 6.58 Å². The van der Waals surface area contributed by atoms with Crippen molar-refractivity contribution < 1.29 is 19.5 Å². The minimum atomic E-state index is -1.01. The van der Waals surface area contributed by atoms with Gasteiger partial charge in [0.25, 0.3) is 0 Å². The first-order valence-electron chi connectivity index (χ1n) is 11.7. The van der Waals surface area contributed by atoms with E-state index in [1.807, 2.05) is 12.1 Å². The molecule has 186 valence electrons. The molecular weight excluding hydrogens is 460 g/mol. The Labute approximate surface area is 209 Å². The van der Waals surface area contributed by atoms with E-state index in [2.05, 4.69) is 40.8 Å². The van der Waals surface area contributed by atoms with Gasteiger partial charge in [0.2, 0.25) is 5.95 Å². The lowest BCUT2D eigenvalue weighted by Gasteiger charge is -2.38. The summed E-state index contributed by atoms with van der Waals surface area (Å²) in [4.78, 5) is 29.1. The highest BCUT2D eigenvalue weighted by Gasteiger charge is 2.29. The topological polar surface area (TPSA) is 103 Å². The first kappa shape index (κ1) is 23.7. The third kappa shape index (κ3) is 4.87. The zero-order valence-electron chi connectivity index (χ0n) is 20.1. The van der Waals surface area contributed by atoms with Gasteiger partial charge in [0.1, 0.15) is 6.61 Å². The number of benzene rings is 2. The monoisotopic (exact) mass is 488 g/mol. The second-order valence-electron chi connectivity index (χ2n) is 8.53. The molecular formula is C26H28N6O4. The van der Waals surface area contributed by atoms with E-state index in [9.17, 15) is 9.90 Å². The molecule has 2 aliphatic heterocycles. The fourth-order valence-electron chi connectivity index (χ4n) is 4.34. The van der Waals surface area contributed by atoms with Crippen LogP contribution in [0, 0.1) is 6.92 Å². The van der Waals surface area contributed by atoms with Crippen LogP contribution in [0.25, 0.3) is 0 Å². The van der Waals surface area contributed by atoms with Crippen LogP contribution in [0.15, 0.2) is 61.3 Å². The minimum Gasteiger partial charge on any atom is -0.478 e. The van der Waals surface area contributed by atoms with Crippen LogP contribution in [0.1, 0.15) is 21.5 Å². The number of hydrogen-bond acceptors (Lipinski definition) is 9. The number of carbonyl (C=O) groups is 1. The van der Waals surface area contributed by atoms with E-state index in [-0.39, 0.29) is 12.2 Å². The number of fused-ring (bicyclic) bond motifs is 1. The molecule has 0 spiro atoms. The lowest BCUT2D eigenvalue weighted by atomic mass is 10.1. The van der Waals surface area contributed by atoms with E-state index in [0.717, 1.165) is 43.1 Å². The Hall–Kier alpha value is -3.99. The standard InChI is InChI=1S/C26H28N6O4/c1-3-9-31-32(22-6-4-5-19(15-22)25(33)34)24-20(17-36-31)16-27-26(29-24)28-21-7-8-23(18(2)14-21)30-10-12-35-13-11-30/h3-8,14-16H,1,9-13,17H2,2H3,(H,33,34)(H,27,28,29). The van der Waals surface area contributed by atoms with E-state index in [0.29, 0.717) is 24.0 Å². The van der Waals surface area contributed by atoms with Gasteiger partial charge >= 0.3 is 5.97 Å². The Morgan fingerprint density at radius 2 is 2.06 bits per heavy atom. The van der Waals surface area contributed by atoms with Crippen LogP contribution in [0.3, 0.4) is 0 Å². The number of hydrogen-bond donors (Lipinski definition) is 2. The highest BCUT2D eigenvalue weighted by atomic mass is 16.7. The number of aromatic carboxylic acids is 1. The summed E-state index contributed by atoms with van der Waals surface area (Å²) in [5, 5.41) is 16.1. The summed E-state index contributed by atoms with van der Waals surface area (Å²) in [5.74, 6) is 0.0168. The molecule has 10 nitrogen and oxygen atoms in total. The quantitative estimate of drug-likeness (QED) is 0.474. The third-order valence-corrected chi connectivity index (χ3v) is 6.06. The summed E-state index contributed by atoms with van der Waals surface area (Å²) in [6.45, 7) is 9.79. The summed E-state index contributed by atoms with van der Waals surface area (Å²) in [6.07, 6.45) is 3.43. The number of nitrogens with one attached hydrogen (secondary N) is 1. The fraction of sp³-hybridized carbons (Fsp3) is 0.269. The van der Waals surface area contributed by atoms with Crippen LogP contribution in [0.4, 0.5) is 28.8 Å². The van der Waals surface area contributed by atoms with E-state index >= 15 is 0 Å². The number of hydrazine groups is 1. The van der Waals surface area contributed by atoms with Crippen LogP contribution in [-0.2, 0) is 16.2 Å². The number of carboxylic acid groups (broad SMARTS) is 1. The number of nitrogens with zero attached hydrogens (tertiary/aromatic N) is 5. The molecule has 2 N–H and O–H groups in total. The first-order valence-corrected chi connectivity index (χ1v) is 11.7. The second-order valence-corrected chi connectivity index (χ2v) is 8.53. The van der Waals surface area contributed by atoms with Crippen molar-refractivity contribution in [3.8, 4) is 0 Å². The lowest BCUT2D eigenvalue weighted by molar-refractivity contribution is -0.171. The molecule has 1 aromatic heterocycles. The van der Waals surface area contributed by atoms with Crippen LogP contribution in [0.2, 0.25) is 0 Å². The van der Waals surface area contributed by atoms with Crippen LogP contribution in [0.5, 0.6) is 0 Å². The largest absolute Gasteiger partial charge is 0.478 e. The molecule has 0 amide bonds. The van der Waals surface area contributed by atoms with E-state index in [4.69, 9.17) is 14.6 Å². The van der Waals surface area contributed by atoms with Gasteiger partial charge in [0.05, 0.1) is 31.0 Å². The molecule has 1 saturated heterocycles. The highest BCUT2D eigenvalue weighted by Crippen LogP contribution is 2.35. The Balaban J connectivity index is 1.45. The molecule has 0 saturated carbocycles. The molecule has 5 rings (SSSR count). The van der Waals surface area contributed by atoms with Gasteiger partial charge in [0.15, 0.2) is 5.82 Å². The van der Waals surface area contributed by atoms with Gasteiger partial charge in [-0.05, 0) is 48.9 Å². The molecule has 0 atom stereocenters. The molecule has 3 heterocycles. The van der Waals surface area contributed by atoms with Gasteiger partial charge in [-0.25, -0.2) is 14.8 Å². The van der Waals surface area contributed by atoms with Crippen molar-refractivity contribution >= 4 is 34.8 Å². The Bertz CT molecular complexity index is 1280. The number of aryl methyl sites for hydroxylation is 1. The number of ether oxygens (including phenoxy) is 1. The van der Waals surface area contributed by atoms with Gasteiger partial charge in [0, 0.05) is 36.2 Å². The lowest BCUT2D eigenvalue weighted by Crippen LogP contribution is -2.43.